The zero-order chi connectivity index (χ0) is 14.5. The molecule has 0 radical (unpaired) electrons. The minimum atomic E-state index is -0.365. The first kappa shape index (κ1) is 13.7. The second-order valence-corrected chi connectivity index (χ2v) is 5.28. The Balaban J connectivity index is 1.50. The predicted octanol–water partition coefficient (Wildman–Crippen LogP) is 2.74. The molecule has 0 fully saturated rings. The fourth-order valence-corrected chi connectivity index (χ4v) is 2.60. The SMILES string of the molecule is O=C(NCCc1ccccc1)C1CCc2ccccc2O1. The normalized spacial score (nSPS) is 16.7. The lowest BCUT2D eigenvalue weighted by Crippen LogP contribution is -2.41. The summed E-state index contributed by atoms with van der Waals surface area (Å²) in [6.45, 7) is 0.643. The van der Waals surface area contributed by atoms with Crippen LogP contribution in [0.4, 0.5) is 0 Å². The second-order valence-electron chi connectivity index (χ2n) is 5.28. The molecule has 1 aliphatic heterocycles. The third-order valence-electron chi connectivity index (χ3n) is 3.77. The van der Waals surface area contributed by atoms with Crippen LogP contribution in [-0.2, 0) is 17.6 Å². The first-order valence-electron chi connectivity index (χ1n) is 7.39. The van der Waals surface area contributed by atoms with Gasteiger partial charge in [-0.25, -0.2) is 0 Å². The Labute approximate surface area is 124 Å². The van der Waals surface area contributed by atoms with Crippen molar-refractivity contribution in [3.63, 3.8) is 0 Å². The minimum absolute atomic E-state index is 0.0135. The molecule has 1 heterocycles. The van der Waals surface area contributed by atoms with E-state index in [1.165, 1.54) is 11.1 Å². The molecule has 1 unspecified atom stereocenters. The number of fused-ring (bicyclic) bond motifs is 1. The summed E-state index contributed by atoms with van der Waals surface area (Å²) in [7, 11) is 0. The number of hydrogen-bond acceptors (Lipinski definition) is 2. The molecule has 1 amide bonds. The molecule has 21 heavy (non-hydrogen) atoms. The smallest absolute Gasteiger partial charge is 0.261 e. The molecule has 1 atom stereocenters. The summed E-state index contributed by atoms with van der Waals surface area (Å²) in [5, 5.41) is 2.97. The Morgan fingerprint density at radius 3 is 2.71 bits per heavy atom. The maximum atomic E-state index is 12.2. The highest BCUT2D eigenvalue weighted by Gasteiger charge is 2.25. The van der Waals surface area contributed by atoms with E-state index in [-0.39, 0.29) is 12.0 Å². The van der Waals surface area contributed by atoms with Gasteiger partial charge in [0.05, 0.1) is 0 Å². The Hall–Kier alpha value is -2.29. The summed E-state index contributed by atoms with van der Waals surface area (Å²) in [5.41, 5.74) is 2.42. The van der Waals surface area contributed by atoms with Crippen molar-refractivity contribution in [3.05, 3.63) is 65.7 Å². The third-order valence-corrected chi connectivity index (χ3v) is 3.77. The Kier molecular flexibility index (Phi) is 4.20. The number of aryl methyl sites for hydroxylation is 1. The molecule has 3 rings (SSSR count). The van der Waals surface area contributed by atoms with Crippen LogP contribution >= 0.6 is 0 Å². The number of para-hydroxylation sites is 1. The second kappa shape index (κ2) is 6.44. The quantitative estimate of drug-likeness (QED) is 0.936. The molecule has 0 saturated heterocycles. The van der Waals surface area contributed by atoms with Crippen molar-refractivity contribution in [2.75, 3.05) is 6.54 Å². The summed E-state index contributed by atoms with van der Waals surface area (Å²) in [6, 6.07) is 18.1. The van der Waals surface area contributed by atoms with Gasteiger partial charge in [0.2, 0.25) is 0 Å². The van der Waals surface area contributed by atoms with Crippen molar-refractivity contribution in [1.29, 1.82) is 0 Å². The Morgan fingerprint density at radius 1 is 1.10 bits per heavy atom. The van der Waals surface area contributed by atoms with Gasteiger partial charge in [-0.05, 0) is 36.5 Å². The van der Waals surface area contributed by atoms with Gasteiger partial charge in [0.1, 0.15) is 5.75 Å². The fourth-order valence-electron chi connectivity index (χ4n) is 2.60. The molecule has 0 aromatic heterocycles. The van der Waals surface area contributed by atoms with Gasteiger partial charge in [-0.15, -0.1) is 0 Å². The highest BCUT2D eigenvalue weighted by molar-refractivity contribution is 5.81. The van der Waals surface area contributed by atoms with E-state index in [2.05, 4.69) is 23.5 Å². The Bertz CT molecular complexity index is 610. The van der Waals surface area contributed by atoms with Crippen LogP contribution in [0, 0.1) is 0 Å². The van der Waals surface area contributed by atoms with E-state index < -0.39 is 0 Å². The molecule has 0 bridgehead atoms. The summed E-state index contributed by atoms with van der Waals surface area (Å²) < 4.78 is 5.78. The molecule has 3 heteroatoms. The molecular weight excluding hydrogens is 262 g/mol. The van der Waals surface area contributed by atoms with E-state index >= 15 is 0 Å². The van der Waals surface area contributed by atoms with Crippen LogP contribution in [0.3, 0.4) is 0 Å². The zero-order valence-electron chi connectivity index (χ0n) is 11.9. The molecule has 108 valence electrons. The summed E-state index contributed by atoms with van der Waals surface area (Å²) in [6.07, 6.45) is 2.12. The lowest BCUT2D eigenvalue weighted by atomic mass is 10.0. The number of rotatable bonds is 4. The summed E-state index contributed by atoms with van der Waals surface area (Å²) in [5.74, 6) is 0.826. The van der Waals surface area contributed by atoms with Gasteiger partial charge in [0.15, 0.2) is 6.10 Å². The maximum absolute atomic E-state index is 12.2. The van der Waals surface area contributed by atoms with Gasteiger partial charge in [-0.3, -0.25) is 4.79 Å². The zero-order valence-corrected chi connectivity index (χ0v) is 11.9. The van der Waals surface area contributed by atoms with Crippen molar-refractivity contribution in [1.82, 2.24) is 5.32 Å². The first-order chi connectivity index (χ1) is 10.3. The van der Waals surface area contributed by atoms with Crippen LogP contribution in [0.1, 0.15) is 17.5 Å². The van der Waals surface area contributed by atoms with Gasteiger partial charge in [0, 0.05) is 6.54 Å². The molecular formula is C18H19NO2. The van der Waals surface area contributed by atoms with Crippen molar-refractivity contribution in [3.8, 4) is 5.75 Å². The van der Waals surface area contributed by atoms with E-state index in [1.54, 1.807) is 0 Å². The number of carbonyl (C=O) groups excluding carboxylic acids is 1. The van der Waals surface area contributed by atoms with Gasteiger partial charge in [-0.2, -0.15) is 0 Å². The standard InChI is InChI=1S/C18H19NO2/c20-18(19-13-12-14-6-2-1-3-7-14)17-11-10-15-8-4-5-9-16(15)21-17/h1-9,17H,10-13H2,(H,19,20). The molecule has 1 N–H and O–H groups in total. The van der Waals surface area contributed by atoms with Crippen LogP contribution in [0.5, 0.6) is 5.75 Å². The average Bonchev–Trinajstić information content (AvgIpc) is 2.55. The molecule has 2 aromatic rings. The summed E-state index contributed by atoms with van der Waals surface area (Å²) in [4.78, 5) is 12.2. The van der Waals surface area contributed by atoms with Crippen molar-refractivity contribution >= 4 is 5.91 Å². The molecule has 0 spiro atoms. The minimum Gasteiger partial charge on any atom is -0.480 e. The number of benzene rings is 2. The number of carbonyl (C=O) groups is 1. The molecule has 0 saturated carbocycles. The van der Waals surface area contributed by atoms with Crippen LogP contribution in [0.15, 0.2) is 54.6 Å². The van der Waals surface area contributed by atoms with Crippen molar-refractivity contribution < 1.29 is 9.53 Å². The molecule has 0 aliphatic carbocycles. The van der Waals surface area contributed by atoms with E-state index in [4.69, 9.17) is 4.74 Å². The predicted molar refractivity (Wildman–Crippen MR) is 82.3 cm³/mol. The number of hydrogen-bond donors (Lipinski definition) is 1. The van der Waals surface area contributed by atoms with E-state index in [9.17, 15) is 4.79 Å². The van der Waals surface area contributed by atoms with Crippen LogP contribution in [0.25, 0.3) is 0 Å². The third kappa shape index (κ3) is 3.43. The van der Waals surface area contributed by atoms with Gasteiger partial charge in [-0.1, -0.05) is 48.5 Å². The van der Waals surface area contributed by atoms with Crippen molar-refractivity contribution in [2.24, 2.45) is 0 Å². The van der Waals surface area contributed by atoms with E-state index in [1.807, 2.05) is 36.4 Å². The largest absolute Gasteiger partial charge is 0.480 e. The maximum Gasteiger partial charge on any atom is 0.261 e. The Morgan fingerprint density at radius 2 is 1.86 bits per heavy atom. The average molecular weight is 281 g/mol. The number of amides is 1. The van der Waals surface area contributed by atoms with Gasteiger partial charge in [0.25, 0.3) is 5.91 Å². The number of ether oxygens (including phenoxy) is 1. The van der Waals surface area contributed by atoms with Crippen molar-refractivity contribution in [2.45, 2.75) is 25.4 Å². The van der Waals surface area contributed by atoms with Crippen LogP contribution in [0.2, 0.25) is 0 Å². The first-order valence-corrected chi connectivity index (χ1v) is 7.39. The monoisotopic (exact) mass is 281 g/mol. The van der Waals surface area contributed by atoms with Crippen LogP contribution < -0.4 is 10.1 Å². The highest BCUT2D eigenvalue weighted by atomic mass is 16.5. The topological polar surface area (TPSA) is 38.3 Å². The van der Waals surface area contributed by atoms with E-state index in [0.29, 0.717) is 6.54 Å². The fraction of sp³-hybridized carbons (Fsp3) is 0.278. The lowest BCUT2D eigenvalue weighted by Gasteiger charge is -2.25. The van der Waals surface area contributed by atoms with Crippen LogP contribution in [-0.4, -0.2) is 18.6 Å². The molecule has 1 aliphatic rings. The summed E-state index contributed by atoms with van der Waals surface area (Å²) >= 11 is 0. The molecule has 2 aromatic carbocycles. The number of nitrogens with one attached hydrogen (secondary N) is 1. The highest BCUT2D eigenvalue weighted by Crippen LogP contribution is 2.26. The van der Waals surface area contributed by atoms with E-state index in [0.717, 1.165) is 25.0 Å². The lowest BCUT2D eigenvalue weighted by molar-refractivity contribution is -0.128. The molecule has 3 nitrogen and oxygen atoms in total. The van der Waals surface area contributed by atoms with Gasteiger partial charge >= 0.3 is 0 Å². The van der Waals surface area contributed by atoms with Gasteiger partial charge < -0.3 is 10.1 Å².